The Balaban J connectivity index is 1.81. The highest BCUT2D eigenvalue weighted by atomic mass is 32.2. The first-order chi connectivity index (χ1) is 8.73. The molecular weight excluding hydrogens is 274 g/mol. The van der Waals surface area contributed by atoms with Gasteiger partial charge in [0.2, 0.25) is 0 Å². The molecule has 19 heavy (non-hydrogen) atoms. The van der Waals surface area contributed by atoms with Crippen LogP contribution in [0.2, 0.25) is 0 Å². The molecule has 3 aliphatic rings. The highest BCUT2D eigenvalue weighted by Gasteiger charge is 2.88. The summed E-state index contributed by atoms with van der Waals surface area (Å²) in [6.45, 7) is -0.423. The lowest BCUT2D eigenvalue weighted by molar-refractivity contribution is -0.377. The van der Waals surface area contributed by atoms with Crippen LogP contribution < -0.4 is 0 Å². The van der Waals surface area contributed by atoms with Crippen LogP contribution >= 0.6 is 0 Å². The molecule has 0 unspecified atom stereocenters. The van der Waals surface area contributed by atoms with Gasteiger partial charge in [-0.05, 0) is 18.4 Å². The summed E-state index contributed by atoms with van der Waals surface area (Å²) in [4.78, 5) is 0. The van der Waals surface area contributed by atoms with Crippen molar-refractivity contribution in [2.45, 2.75) is 24.2 Å². The molecule has 3 fully saturated rings. The molecule has 2 bridgehead atoms. The van der Waals surface area contributed by atoms with Crippen LogP contribution in [0.4, 0.5) is 8.78 Å². The number of benzene rings is 1. The SMILES string of the molecule is CS(=O)(=O)OCC12CC(c3ccccc3)(C1)C2(F)F. The van der Waals surface area contributed by atoms with Gasteiger partial charge in [0, 0.05) is 0 Å². The van der Waals surface area contributed by atoms with E-state index < -0.39 is 33.5 Å². The Morgan fingerprint density at radius 1 is 1.21 bits per heavy atom. The third-order valence-electron chi connectivity index (χ3n) is 4.42. The molecule has 0 aromatic heterocycles. The van der Waals surface area contributed by atoms with E-state index in [9.17, 15) is 17.2 Å². The van der Waals surface area contributed by atoms with Crippen molar-refractivity contribution in [1.29, 1.82) is 0 Å². The predicted octanol–water partition coefficient (Wildman–Crippen LogP) is 2.33. The Labute approximate surface area is 110 Å². The zero-order valence-corrected chi connectivity index (χ0v) is 11.2. The van der Waals surface area contributed by atoms with Crippen LogP contribution in [-0.2, 0) is 19.7 Å². The minimum atomic E-state index is -3.68. The summed E-state index contributed by atoms with van der Waals surface area (Å²) < 4.78 is 55.0. The zero-order chi connectivity index (χ0) is 13.9. The molecular formula is C13H14F2O3S. The molecule has 3 nitrogen and oxygen atoms in total. The summed E-state index contributed by atoms with van der Waals surface area (Å²) in [6.07, 6.45) is 1.45. The monoisotopic (exact) mass is 288 g/mol. The van der Waals surface area contributed by atoms with E-state index in [4.69, 9.17) is 0 Å². The minimum absolute atomic E-state index is 0.284. The van der Waals surface area contributed by atoms with Crippen LogP contribution in [0.3, 0.4) is 0 Å². The van der Waals surface area contributed by atoms with E-state index in [-0.39, 0.29) is 12.8 Å². The maximum atomic E-state index is 14.3. The lowest BCUT2D eigenvalue weighted by Crippen LogP contribution is -2.82. The van der Waals surface area contributed by atoms with E-state index >= 15 is 0 Å². The topological polar surface area (TPSA) is 43.4 Å². The molecule has 4 rings (SSSR count). The number of hydrogen-bond acceptors (Lipinski definition) is 3. The highest BCUT2D eigenvalue weighted by molar-refractivity contribution is 7.85. The number of alkyl halides is 2. The lowest BCUT2D eigenvalue weighted by atomic mass is 9.31. The molecule has 0 amide bonds. The van der Waals surface area contributed by atoms with Crippen molar-refractivity contribution < 1.29 is 21.4 Å². The lowest BCUT2D eigenvalue weighted by Gasteiger charge is -2.75. The molecule has 104 valence electrons. The smallest absolute Gasteiger partial charge is 0.265 e. The molecule has 3 saturated carbocycles. The van der Waals surface area contributed by atoms with Crippen LogP contribution in [0, 0.1) is 5.41 Å². The Morgan fingerprint density at radius 2 is 1.79 bits per heavy atom. The Morgan fingerprint density at radius 3 is 2.26 bits per heavy atom. The van der Waals surface area contributed by atoms with Crippen LogP contribution in [0.1, 0.15) is 18.4 Å². The van der Waals surface area contributed by atoms with E-state index in [0.29, 0.717) is 5.56 Å². The molecule has 6 heteroatoms. The Bertz CT molecular complexity index is 604. The van der Waals surface area contributed by atoms with Crippen molar-refractivity contribution in [1.82, 2.24) is 0 Å². The summed E-state index contributed by atoms with van der Waals surface area (Å²) in [5.74, 6) is -2.90. The van der Waals surface area contributed by atoms with Gasteiger partial charge in [0.1, 0.15) is 0 Å². The highest BCUT2D eigenvalue weighted by Crippen LogP contribution is 2.81. The average Bonchev–Trinajstić information content (AvgIpc) is 2.27. The fraction of sp³-hybridized carbons (Fsp3) is 0.538. The normalized spacial score (nSPS) is 35.3. The summed E-state index contributed by atoms with van der Waals surface area (Å²) in [5, 5.41) is 0. The first-order valence-electron chi connectivity index (χ1n) is 6.00. The number of halogens is 2. The van der Waals surface area contributed by atoms with Crippen LogP contribution in [0.15, 0.2) is 30.3 Å². The van der Waals surface area contributed by atoms with Gasteiger partial charge < -0.3 is 0 Å². The molecule has 0 atom stereocenters. The molecule has 3 aliphatic carbocycles. The number of rotatable bonds is 4. The Hall–Kier alpha value is -1.01. The van der Waals surface area contributed by atoms with Gasteiger partial charge in [0.05, 0.1) is 23.7 Å². The van der Waals surface area contributed by atoms with E-state index in [1.807, 2.05) is 0 Å². The van der Waals surface area contributed by atoms with Gasteiger partial charge in [-0.15, -0.1) is 0 Å². The maximum Gasteiger partial charge on any atom is 0.265 e. The summed E-state index contributed by atoms with van der Waals surface area (Å²) in [7, 11) is -3.68. The largest absolute Gasteiger partial charge is 0.269 e. The first kappa shape index (κ1) is 13.0. The van der Waals surface area contributed by atoms with E-state index in [1.54, 1.807) is 30.3 Å². The molecule has 0 radical (unpaired) electrons. The van der Waals surface area contributed by atoms with E-state index in [0.717, 1.165) is 6.26 Å². The molecule has 0 spiro atoms. The molecule has 0 saturated heterocycles. The second-order valence-electron chi connectivity index (χ2n) is 5.62. The van der Waals surface area contributed by atoms with E-state index in [2.05, 4.69) is 4.18 Å². The van der Waals surface area contributed by atoms with Crippen molar-refractivity contribution in [2.24, 2.45) is 5.41 Å². The fourth-order valence-electron chi connectivity index (χ4n) is 3.40. The average molecular weight is 288 g/mol. The van der Waals surface area contributed by atoms with Gasteiger partial charge in [0.25, 0.3) is 16.0 Å². The molecule has 0 N–H and O–H groups in total. The van der Waals surface area contributed by atoms with Crippen molar-refractivity contribution >= 4 is 10.1 Å². The first-order valence-corrected chi connectivity index (χ1v) is 7.82. The Kier molecular flexibility index (Phi) is 2.43. The van der Waals surface area contributed by atoms with Gasteiger partial charge in [-0.2, -0.15) is 8.42 Å². The van der Waals surface area contributed by atoms with Crippen LogP contribution in [0.25, 0.3) is 0 Å². The standard InChI is InChI=1S/C13H14F2O3S/c1-19(16,17)18-9-11-7-12(8-11,13(11,14)15)10-5-3-2-4-6-10/h2-6H,7-9H2,1H3. The van der Waals surface area contributed by atoms with Gasteiger partial charge >= 0.3 is 0 Å². The third-order valence-corrected chi connectivity index (χ3v) is 4.97. The van der Waals surface area contributed by atoms with Crippen LogP contribution in [-0.4, -0.2) is 27.2 Å². The van der Waals surface area contributed by atoms with Crippen molar-refractivity contribution in [3.8, 4) is 0 Å². The quantitative estimate of drug-likeness (QED) is 0.799. The molecule has 1 aromatic rings. The summed E-state index contributed by atoms with van der Waals surface area (Å²) in [6, 6.07) is 8.68. The third kappa shape index (κ3) is 1.53. The van der Waals surface area contributed by atoms with Gasteiger partial charge in [0.15, 0.2) is 0 Å². The molecule has 0 heterocycles. The molecule has 1 aromatic carbocycles. The summed E-state index contributed by atoms with van der Waals surface area (Å²) in [5.41, 5.74) is -1.79. The zero-order valence-electron chi connectivity index (χ0n) is 10.4. The second-order valence-corrected chi connectivity index (χ2v) is 7.27. The number of hydrogen-bond donors (Lipinski definition) is 0. The van der Waals surface area contributed by atoms with Crippen molar-refractivity contribution in [3.63, 3.8) is 0 Å². The minimum Gasteiger partial charge on any atom is -0.269 e. The van der Waals surface area contributed by atoms with Crippen LogP contribution in [0.5, 0.6) is 0 Å². The molecule has 0 aliphatic heterocycles. The second kappa shape index (κ2) is 3.55. The van der Waals surface area contributed by atoms with Gasteiger partial charge in [-0.3, -0.25) is 4.18 Å². The maximum absolute atomic E-state index is 14.3. The van der Waals surface area contributed by atoms with Gasteiger partial charge in [-0.25, -0.2) is 8.78 Å². The van der Waals surface area contributed by atoms with Gasteiger partial charge in [-0.1, -0.05) is 30.3 Å². The van der Waals surface area contributed by atoms with Crippen molar-refractivity contribution in [3.05, 3.63) is 35.9 Å². The predicted molar refractivity (Wildman–Crippen MR) is 65.5 cm³/mol. The fourth-order valence-corrected chi connectivity index (χ4v) is 3.84. The summed E-state index contributed by atoms with van der Waals surface area (Å²) >= 11 is 0. The van der Waals surface area contributed by atoms with E-state index in [1.165, 1.54) is 0 Å². The van der Waals surface area contributed by atoms with Crippen molar-refractivity contribution in [2.75, 3.05) is 12.9 Å².